The second kappa shape index (κ2) is 19.2. The van der Waals surface area contributed by atoms with Crippen LogP contribution >= 0.6 is 0 Å². The molecule has 1 fully saturated rings. The lowest BCUT2D eigenvalue weighted by atomic mass is 9.84. The van der Waals surface area contributed by atoms with Gasteiger partial charge in [-0.05, 0) is 76.6 Å². The van der Waals surface area contributed by atoms with Crippen molar-refractivity contribution in [3.63, 3.8) is 0 Å². The molecule has 4 bridgehead atoms. The van der Waals surface area contributed by atoms with Crippen molar-refractivity contribution in [1.29, 1.82) is 0 Å². The summed E-state index contributed by atoms with van der Waals surface area (Å²) in [6, 6.07) is 21.4. The van der Waals surface area contributed by atoms with E-state index in [9.17, 15) is 44.1 Å². The van der Waals surface area contributed by atoms with Gasteiger partial charge in [0.2, 0.25) is 23.6 Å². The smallest absolute Gasteiger partial charge is 0.326 e. The summed E-state index contributed by atoms with van der Waals surface area (Å²) in [4.78, 5) is 78.4. The van der Waals surface area contributed by atoms with Crippen LogP contribution in [0.2, 0.25) is 0 Å². The van der Waals surface area contributed by atoms with Gasteiger partial charge in [-0.2, -0.15) is 0 Å². The van der Waals surface area contributed by atoms with Gasteiger partial charge in [0.15, 0.2) is 0 Å². The highest BCUT2D eigenvalue weighted by atomic mass is 16.4. The minimum absolute atomic E-state index is 0.000927. The Morgan fingerprint density at radius 2 is 1.44 bits per heavy atom. The Morgan fingerprint density at radius 1 is 0.797 bits per heavy atom. The maximum atomic E-state index is 13.6. The van der Waals surface area contributed by atoms with Crippen molar-refractivity contribution in [3.05, 3.63) is 107 Å². The Kier molecular flexibility index (Phi) is 13.6. The van der Waals surface area contributed by atoms with Crippen LogP contribution in [0.4, 0.5) is 0 Å². The van der Waals surface area contributed by atoms with Gasteiger partial charge in [0.25, 0.3) is 5.91 Å². The molecule has 59 heavy (non-hydrogen) atoms. The highest BCUT2D eigenvalue weighted by molar-refractivity contribution is 5.96. The van der Waals surface area contributed by atoms with Crippen LogP contribution in [0.25, 0.3) is 22.3 Å². The average molecular weight is 804 g/mol. The van der Waals surface area contributed by atoms with Crippen molar-refractivity contribution in [2.24, 2.45) is 5.92 Å². The Labute approximate surface area is 342 Å². The molecule has 6 rings (SSSR count). The molecule has 1 heterocycles. The fourth-order valence-corrected chi connectivity index (χ4v) is 7.66. The minimum Gasteiger partial charge on any atom is -0.507 e. The van der Waals surface area contributed by atoms with Crippen LogP contribution in [0.15, 0.2) is 84.9 Å². The summed E-state index contributed by atoms with van der Waals surface area (Å²) in [7, 11) is 1.33. The number of benzene rings is 4. The summed E-state index contributed by atoms with van der Waals surface area (Å²) < 4.78 is 0. The normalized spacial score (nSPS) is 17.1. The molecule has 1 aliphatic carbocycles. The summed E-state index contributed by atoms with van der Waals surface area (Å²) in [5.74, 6) is -4.23. The van der Waals surface area contributed by atoms with Gasteiger partial charge >= 0.3 is 5.97 Å². The van der Waals surface area contributed by atoms with Crippen molar-refractivity contribution in [1.82, 2.24) is 26.2 Å². The van der Waals surface area contributed by atoms with Crippen molar-refractivity contribution in [3.8, 4) is 33.8 Å². The number of carbonyl (C=O) groups excluding carboxylic acids is 5. The van der Waals surface area contributed by atoms with Crippen LogP contribution in [-0.4, -0.2) is 88.4 Å². The molecule has 2 atom stereocenters. The number of carbonyl (C=O) groups is 6. The average Bonchev–Trinajstić information content (AvgIpc) is 3.23. The molecule has 14 nitrogen and oxygen atoms in total. The lowest BCUT2D eigenvalue weighted by Crippen LogP contribution is -2.49. The van der Waals surface area contributed by atoms with E-state index in [0.29, 0.717) is 11.1 Å². The van der Waals surface area contributed by atoms with E-state index in [-0.39, 0.29) is 53.5 Å². The highest BCUT2D eigenvalue weighted by Gasteiger charge is 2.31. The number of likely N-dealkylation sites (N-methyl/N-ethyl adjacent to an activating group) is 1. The maximum Gasteiger partial charge on any atom is 0.326 e. The number of amides is 5. The van der Waals surface area contributed by atoms with Crippen LogP contribution < -0.4 is 21.3 Å². The van der Waals surface area contributed by atoms with Crippen molar-refractivity contribution in [2.75, 3.05) is 26.7 Å². The Bertz CT molecular complexity index is 2200. The van der Waals surface area contributed by atoms with Crippen LogP contribution in [-0.2, 0) is 36.8 Å². The van der Waals surface area contributed by atoms with Gasteiger partial charge in [-0.25, -0.2) is 4.79 Å². The molecular formula is C45H49N5O9. The molecule has 7 N–H and O–H groups in total. The van der Waals surface area contributed by atoms with Crippen LogP contribution in [0.3, 0.4) is 0 Å². The van der Waals surface area contributed by atoms with Gasteiger partial charge in [0, 0.05) is 43.1 Å². The number of hydrogen-bond acceptors (Lipinski definition) is 8. The first-order valence-corrected chi connectivity index (χ1v) is 19.8. The zero-order valence-electron chi connectivity index (χ0n) is 32.8. The predicted octanol–water partition coefficient (Wildman–Crippen LogP) is 4.23. The third kappa shape index (κ3) is 10.8. The topological polar surface area (TPSA) is 214 Å². The third-order valence-corrected chi connectivity index (χ3v) is 11.0. The van der Waals surface area contributed by atoms with E-state index in [0.717, 1.165) is 28.4 Å². The zero-order chi connectivity index (χ0) is 42.1. The number of aliphatic carboxylic acids is 1. The molecule has 1 aliphatic heterocycles. The molecule has 0 radical (unpaired) electrons. The lowest BCUT2D eigenvalue weighted by Gasteiger charge is -2.28. The van der Waals surface area contributed by atoms with Gasteiger partial charge in [0.1, 0.15) is 23.6 Å². The molecule has 5 amide bonds. The van der Waals surface area contributed by atoms with E-state index >= 15 is 0 Å². The van der Waals surface area contributed by atoms with Gasteiger partial charge < -0.3 is 41.5 Å². The molecule has 4 aromatic rings. The molecule has 1 saturated carbocycles. The molecule has 14 heteroatoms. The summed E-state index contributed by atoms with van der Waals surface area (Å²) in [5.41, 5.74) is 4.70. The second-order valence-corrected chi connectivity index (χ2v) is 15.2. The largest absolute Gasteiger partial charge is 0.507 e. The first-order chi connectivity index (χ1) is 28.4. The van der Waals surface area contributed by atoms with Gasteiger partial charge in [-0.3, -0.25) is 24.0 Å². The number of rotatable bonds is 11. The third-order valence-electron chi connectivity index (χ3n) is 11.0. The summed E-state index contributed by atoms with van der Waals surface area (Å²) >= 11 is 0. The second-order valence-electron chi connectivity index (χ2n) is 15.2. The van der Waals surface area contributed by atoms with Crippen molar-refractivity contribution < 1.29 is 44.1 Å². The van der Waals surface area contributed by atoms with E-state index in [2.05, 4.69) is 45.5 Å². The van der Waals surface area contributed by atoms with Crippen LogP contribution in [0, 0.1) is 5.92 Å². The minimum atomic E-state index is -1.38. The van der Waals surface area contributed by atoms with E-state index in [1.54, 1.807) is 12.1 Å². The highest BCUT2D eigenvalue weighted by Crippen LogP contribution is 2.38. The first-order valence-electron chi connectivity index (χ1n) is 19.8. The van der Waals surface area contributed by atoms with E-state index in [1.165, 1.54) is 81.1 Å². The van der Waals surface area contributed by atoms with Gasteiger partial charge in [0.05, 0.1) is 13.1 Å². The fraction of sp³-hybridized carbons (Fsp3) is 0.333. The Balaban J connectivity index is 1.04. The number of fused-ring (bicyclic) bond motifs is 5. The standard InChI is InChI=1S/C45H49N5O9/c1-50(42-33-16-18-38(52)35(24-33)34-22-29(9-17-37(34)51)23-36(45(58)59)49-40(54)25-48-44(42)57)41(55)26-47-39(53)19-20-46-43(56)32-14-12-31(13-15-32)30-10-7-28(8-11-30)21-27-5-3-2-4-6-27/h7-18,22,24,27,36,42,51-52H,2-6,19-21,23,25-26H2,1H3,(H,46,56)(H,47,53)(H,48,57)(H,49,54)(H,58,59)/t36-,42-/m0/s1. The molecule has 4 aromatic carbocycles. The molecular weight excluding hydrogens is 755 g/mol. The maximum absolute atomic E-state index is 13.6. The van der Waals surface area contributed by atoms with Gasteiger partial charge in [-0.15, -0.1) is 0 Å². The van der Waals surface area contributed by atoms with Crippen molar-refractivity contribution >= 4 is 35.5 Å². The Morgan fingerprint density at radius 3 is 2.12 bits per heavy atom. The molecule has 2 aliphatic rings. The monoisotopic (exact) mass is 803 g/mol. The quantitative estimate of drug-likeness (QED) is 0.115. The Hall–Kier alpha value is -6.70. The van der Waals surface area contributed by atoms with Crippen LogP contribution in [0.5, 0.6) is 11.5 Å². The number of nitrogens with one attached hydrogen (secondary N) is 4. The predicted molar refractivity (Wildman–Crippen MR) is 219 cm³/mol. The SMILES string of the molecule is CN(C(=O)CNC(=O)CCNC(=O)c1ccc(-c2ccc(CC3CCCCC3)cc2)cc1)[C@@H]1C(=O)NCC(=O)N[C@H](C(=O)O)Cc2ccc(O)c(c2)-c2cc1ccc2O. The molecule has 0 saturated heterocycles. The van der Waals surface area contributed by atoms with E-state index in [1.807, 2.05) is 12.1 Å². The first kappa shape index (κ1) is 41.9. The number of hydrogen-bond donors (Lipinski definition) is 7. The fourth-order valence-electron chi connectivity index (χ4n) is 7.66. The number of phenols is 2. The summed E-state index contributed by atoms with van der Waals surface area (Å²) in [6.07, 6.45) is 7.41. The van der Waals surface area contributed by atoms with Crippen LogP contribution in [0.1, 0.15) is 71.6 Å². The number of nitrogens with zero attached hydrogens (tertiary/aromatic N) is 1. The number of phenolic OH excluding ortho intramolecular Hbond substituents is 2. The number of aromatic hydroxyl groups is 2. The summed E-state index contributed by atoms with van der Waals surface area (Å²) in [6.45, 7) is -1.11. The number of carboxylic acid groups (broad SMARTS) is 1. The lowest BCUT2D eigenvalue weighted by molar-refractivity contribution is -0.142. The number of carboxylic acids is 1. The molecule has 0 unspecified atom stereocenters. The van der Waals surface area contributed by atoms with E-state index in [4.69, 9.17) is 0 Å². The summed E-state index contributed by atoms with van der Waals surface area (Å²) in [5, 5.41) is 41.3. The molecule has 0 spiro atoms. The van der Waals surface area contributed by atoms with E-state index < -0.39 is 54.8 Å². The van der Waals surface area contributed by atoms with Gasteiger partial charge in [-0.1, -0.05) is 80.6 Å². The zero-order valence-corrected chi connectivity index (χ0v) is 32.8. The molecule has 308 valence electrons. The molecule has 0 aromatic heterocycles. The van der Waals surface area contributed by atoms with Crippen molar-refractivity contribution in [2.45, 2.75) is 63.5 Å².